The Morgan fingerprint density at radius 1 is 0.259 bits per heavy atom. The summed E-state index contributed by atoms with van der Waals surface area (Å²) in [6, 6.07) is 0. The molecule has 0 saturated carbocycles. The van der Waals surface area contributed by atoms with Crippen molar-refractivity contribution in [2.75, 3.05) is 13.2 Å². The van der Waals surface area contributed by atoms with Gasteiger partial charge in [0.05, 0.1) is 0 Å². The standard InChI is InChI=1S/C75H136O6/c1-4-7-10-13-16-19-21-23-25-27-29-31-33-35-37-39-41-43-45-47-49-51-53-56-59-62-65-68-74(77)80-71-72(70-79-73(76)67-64-61-58-55-18-15-12-9-6-3)81-75(78)69-66-63-60-57-54-52-50-48-46-44-42-40-38-36-34-32-30-28-26-24-22-20-17-14-11-8-5-2/h7,10,16,19,23,25,29,31,35,37,72H,4-6,8-9,11-15,17-18,20-22,24,26-28,30,32-34,36,38-71H2,1-3H3/b10-7-,19-16-,25-23-,31-29-,37-35-. The molecule has 0 aliphatic carbocycles. The predicted octanol–water partition coefficient (Wildman–Crippen LogP) is 24.7. The second kappa shape index (κ2) is 69.6. The van der Waals surface area contributed by atoms with E-state index in [1.165, 1.54) is 250 Å². The van der Waals surface area contributed by atoms with Gasteiger partial charge in [0.1, 0.15) is 13.2 Å². The maximum atomic E-state index is 12.9. The minimum atomic E-state index is -0.772. The van der Waals surface area contributed by atoms with Crippen LogP contribution in [0.4, 0.5) is 0 Å². The Kier molecular flexibility index (Phi) is 67.1. The Labute approximate surface area is 504 Å². The number of ether oxygens (including phenoxy) is 3. The van der Waals surface area contributed by atoms with Crippen LogP contribution in [-0.4, -0.2) is 37.2 Å². The number of esters is 3. The zero-order valence-corrected chi connectivity index (χ0v) is 54.3. The molecule has 0 aromatic carbocycles. The highest BCUT2D eigenvalue weighted by atomic mass is 16.6. The summed E-state index contributed by atoms with van der Waals surface area (Å²) in [6.45, 7) is 6.57. The molecule has 1 atom stereocenters. The molecule has 81 heavy (non-hydrogen) atoms. The number of hydrogen-bond donors (Lipinski definition) is 0. The predicted molar refractivity (Wildman–Crippen MR) is 353 cm³/mol. The third-order valence-electron chi connectivity index (χ3n) is 16.0. The van der Waals surface area contributed by atoms with Crippen LogP contribution >= 0.6 is 0 Å². The first-order chi connectivity index (χ1) is 40.0. The van der Waals surface area contributed by atoms with Gasteiger partial charge in [0.25, 0.3) is 0 Å². The molecular formula is C75H136O6. The Balaban J connectivity index is 4.12. The van der Waals surface area contributed by atoms with Crippen molar-refractivity contribution >= 4 is 17.9 Å². The van der Waals surface area contributed by atoms with Gasteiger partial charge in [-0.25, -0.2) is 0 Å². The molecule has 0 fully saturated rings. The fraction of sp³-hybridized carbons (Fsp3) is 0.827. The Hall–Kier alpha value is -2.89. The fourth-order valence-corrected chi connectivity index (χ4v) is 10.7. The molecule has 6 nitrogen and oxygen atoms in total. The monoisotopic (exact) mass is 1130 g/mol. The molecule has 0 aliphatic heterocycles. The van der Waals surface area contributed by atoms with Crippen molar-refractivity contribution in [3.8, 4) is 0 Å². The van der Waals surface area contributed by atoms with E-state index in [1.54, 1.807) is 0 Å². The summed E-state index contributed by atoms with van der Waals surface area (Å²) < 4.78 is 16.9. The van der Waals surface area contributed by atoms with Gasteiger partial charge in [-0.2, -0.15) is 0 Å². The van der Waals surface area contributed by atoms with E-state index in [-0.39, 0.29) is 31.1 Å². The normalized spacial score (nSPS) is 12.4. The summed E-state index contributed by atoms with van der Waals surface area (Å²) >= 11 is 0. The number of hydrogen-bond acceptors (Lipinski definition) is 6. The van der Waals surface area contributed by atoms with Gasteiger partial charge in [0.2, 0.25) is 0 Å². The zero-order chi connectivity index (χ0) is 58.5. The number of carbonyl (C=O) groups is 3. The highest BCUT2D eigenvalue weighted by molar-refractivity contribution is 5.71. The fourth-order valence-electron chi connectivity index (χ4n) is 10.7. The van der Waals surface area contributed by atoms with Gasteiger partial charge in [-0.15, -0.1) is 0 Å². The van der Waals surface area contributed by atoms with Crippen LogP contribution in [0, 0.1) is 0 Å². The minimum Gasteiger partial charge on any atom is -0.462 e. The first kappa shape index (κ1) is 78.1. The second-order valence-corrected chi connectivity index (χ2v) is 24.1. The molecule has 0 amide bonds. The summed E-state index contributed by atoms with van der Waals surface area (Å²) in [5.74, 6) is -0.851. The van der Waals surface area contributed by atoms with E-state index in [1.807, 2.05) is 0 Å². The number of unbranched alkanes of at least 4 members (excludes halogenated alkanes) is 45. The van der Waals surface area contributed by atoms with Gasteiger partial charge >= 0.3 is 17.9 Å². The largest absolute Gasteiger partial charge is 0.462 e. The van der Waals surface area contributed by atoms with E-state index in [0.29, 0.717) is 19.3 Å². The number of carbonyl (C=O) groups excluding carboxylic acids is 3. The van der Waals surface area contributed by atoms with E-state index in [2.05, 4.69) is 81.5 Å². The van der Waals surface area contributed by atoms with Crippen molar-refractivity contribution in [2.24, 2.45) is 0 Å². The number of rotatable bonds is 66. The smallest absolute Gasteiger partial charge is 0.306 e. The molecule has 0 spiro atoms. The summed E-state index contributed by atoms with van der Waals surface area (Å²) in [4.78, 5) is 38.3. The van der Waals surface area contributed by atoms with E-state index in [0.717, 1.165) is 89.9 Å². The second-order valence-electron chi connectivity index (χ2n) is 24.1. The maximum absolute atomic E-state index is 12.9. The third kappa shape index (κ3) is 67.8. The van der Waals surface area contributed by atoms with Crippen molar-refractivity contribution in [1.29, 1.82) is 0 Å². The third-order valence-corrected chi connectivity index (χ3v) is 16.0. The molecular weight excluding hydrogens is 997 g/mol. The van der Waals surface area contributed by atoms with Crippen molar-refractivity contribution in [3.63, 3.8) is 0 Å². The van der Waals surface area contributed by atoms with Crippen molar-refractivity contribution in [3.05, 3.63) is 60.8 Å². The van der Waals surface area contributed by atoms with Crippen LogP contribution in [-0.2, 0) is 28.6 Å². The lowest BCUT2D eigenvalue weighted by Gasteiger charge is -2.18. The minimum absolute atomic E-state index is 0.0695. The quantitative estimate of drug-likeness (QED) is 0.0261. The highest BCUT2D eigenvalue weighted by Gasteiger charge is 2.19. The van der Waals surface area contributed by atoms with Crippen LogP contribution in [0.5, 0.6) is 0 Å². The van der Waals surface area contributed by atoms with Crippen molar-refractivity contribution < 1.29 is 28.6 Å². The van der Waals surface area contributed by atoms with Crippen molar-refractivity contribution in [1.82, 2.24) is 0 Å². The first-order valence-corrected chi connectivity index (χ1v) is 35.8. The summed E-state index contributed by atoms with van der Waals surface area (Å²) in [5.41, 5.74) is 0. The SMILES string of the molecule is CC/C=C\C/C=C\C/C=C\C/C=C\C/C=C\CCCCCCCCCCCCCC(=O)OCC(COC(=O)CCCCCCCCCCC)OC(=O)CCCCCCCCCCCCCCCCCCCCCCCCCCCCC. The van der Waals surface area contributed by atoms with Gasteiger partial charge in [0, 0.05) is 19.3 Å². The van der Waals surface area contributed by atoms with Gasteiger partial charge < -0.3 is 14.2 Å². The van der Waals surface area contributed by atoms with E-state index < -0.39 is 6.10 Å². The molecule has 0 N–H and O–H groups in total. The summed E-state index contributed by atoms with van der Waals surface area (Å²) in [7, 11) is 0. The first-order valence-electron chi connectivity index (χ1n) is 35.8. The lowest BCUT2D eigenvalue weighted by molar-refractivity contribution is -0.167. The van der Waals surface area contributed by atoms with Gasteiger partial charge in [-0.05, 0) is 64.2 Å². The van der Waals surface area contributed by atoms with Crippen LogP contribution in [0.2, 0.25) is 0 Å². The lowest BCUT2D eigenvalue weighted by Crippen LogP contribution is -2.30. The van der Waals surface area contributed by atoms with E-state index in [9.17, 15) is 14.4 Å². The van der Waals surface area contributed by atoms with Crippen LogP contribution in [0.3, 0.4) is 0 Å². The van der Waals surface area contributed by atoms with Gasteiger partial charge in [-0.1, -0.05) is 358 Å². The Morgan fingerprint density at radius 2 is 0.481 bits per heavy atom. The molecule has 6 heteroatoms. The zero-order valence-electron chi connectivity index (χ0n) is 54.3. The van der Waals surface area contributed by atoms with E-state index in [4.69, 9.17) is 14.2 Å². The van der Waals surface area contributed by atoms with Crippen LogP contribution in [0.1, 0.15) is 380 Å². The topological polar surface area (TPSA) is 78.9 Å². The van der Waals surface area contributed by atoms with Gasteiger partial charge in [0.15, 0.2) is 6.10 Å². The van der Waals surface area contributed by atoms with Crippen LogP contribution < -0.4 is 0 Å². The summed E-state index contributed by atoms with van der Waals surface area (Å²) in [5, 5.41) is 0. The molecule has 472 valence electrons. The Morgan fingerprint density at radius 3 is 0.753 bits per heavy atom. The molecule has 0 aromatic heterocycles. The molecule has 0 aliphatic rings. The molecule has 0 bridgehead atoms. The van der Waals surface area contributed by atoms with Crippen LogP contribution in [0.25, 0.3) is 0 Å². The molecule has 0 radical (unpaired) electrons. The van der Waals surface area contributed by atoms with Gasteiger partial charge in [-0.3, -0.25) is 14.4 Å². The molecule has 1 unspecified atom stereocenters. The Bertz CT molecular complexity index is 1440. The maximum Gasteiger partial charge on any atom is 0.306 e. The average Bonchev–Trinajstić information content (AvgIpc) is 3.47. The average molecular weight is 1130 g/mol. The number of allylic oxidation sites excluding steroid dienone is 10. The molecule has 0 aromatic rings. The van der Waals surface area contributed by atoms with E-state index >= 15 is 0 Å². The molecule has 0 rings (SSSR count). The molecule has 0 heterocycles. The van der Waals surface area contributed by atoms with Crippen LogP contribution in [0.15, 0.2) is 60.8 Å². The molecule has 0 saturated heterocycles. The van der Waals surface area contributed by atoms with Crippen molar-refractivity contribution in [2.45, 2.75) is 386 Å². The highest BCUT2D eigenvalue weighted by Crippen LogP contribution is 2.19. The summed E-state index contributed by atoms with van der Waals surface area (Å²) in [6.07, 6.45) is 89.9. The lowest BCUT2D eigenvalue weighted by atomic mass is 10.0.